The van der Waals surface area contributed by atoms with Crippen LogP contribution in [0.5, 0.6) is 0 Å². The molecule has 0 saturated heterocycles. The summed E-state index contributed by atoms with van der Waals surface area (Å²) in [7, 11) is 1.58. The number of fused-ring (bicyclic) bond motifs is 1. The molecule has 3 aromatic heterocycles. The van der Waals surface area contributed by atoms with Gasteiger partial charge < -0.3 is 10.1 Å². The molecule has 0 aliphatic rings. The van der Waals surface area contributed by atoms with Crippen LogP contribution in [0.4, 0.5) is 5.82 Å². The number of hydrogen-bond acceptors (Lipinski definition) is 7. The Morgan fingerprint density at radius 2 is 2.17 bits per heavy atom. The van der Waals surface area contributed by atoms with Gasteiger partial charge in [-0.1, -0.05) is 23.4 Å². The Labute approximate surface area is 181 Å². The normalized spacial score (nSPS) is 12.3. The molecule has 0 spiro atoms. The summed E-state index contributed by atoms with van der Waals surface area (Å²) < 4.78 is 6.74. The molecule has 3 aromatic rings. The van der Waals surface area contributed by atoms with Gasteiger partial charge in [-0.2, -0.15) is 0 Å². The van der Waals surface area contributed by atoms with Crippen molar-refractivity contribution in [2.45, 2.75) is 37.7 Å². The van der Waals surface area contributed by atoms with Crippen LogP contribution in [0.1, 0.15) is 17.4 Å². The number of rotatable bonds is 7. The van der Waals surface area contributed by atoms with Gasteiger partial charge in [-0.25, -0.2) is 9.97 Å². The molecule has 3 heterocycles. The number of thiophene rings is 1. The number of nitrogens with one attached hydrogen (secondary N) is 1. The third-order valence-electron chi connectivity index (χ3n) is 4.40. The number of halogens is 1. The number of aromatic nitrogens is 3. The number of nitrogens with zero attached hydrogens (tertiary/aromatic N) is 3. The second kappa shape index (κ2) is 9.25. The van der Waals surface area contributed by atoms with E-state index in [1.165, 1.54) is 29.3 Å². The average Bonchev–Trinajstić information content (AvgIpc) is 2.97. The van der Waals surface area contributed by atoms with Gasteiger partial charge in [0.2, 0.25) is 5.91 Å². The van der Waals surface area contributed by atoms with Crippen LogP contribution in [0.15, 0.2) is 28.3 Å². The third kappa shape index (κ3) is 4.80. The first-order valence-electron chi connectivity index (χ1n) is 8.90. The van der Waals surface area contributed by atoms with Gasteiger partial charge in [-0.05, 0) is 38.5 Å². The fourth-order valence-electron chi connectivity index (χ4n) is 2.67. The summed E-state index contributed by atoms with van der Waals surface area (Å²) in [5.74, 6) is 0.174. The van der Waals surface area contributed by atoms with Crippen LogP contribution >= 0.6 is 34.7 Å². The molecule has 29 heavy (non-hydrogen) atoms. The number of methoxy groups -OCH3 is 1. The maximum atomic E-state index is 13.1. The summed E-state index contributed by atoms with van der Waals surface area (Å²) in [6.07, 6.45) is 1.47. The Kier molecular flexibility index (Phi) is 6.94. The fraction of sp³-hybridized carbons (Fsp3) is 0.368. The van der Waals surface area contributed by atoms with Crippen molar-refractivity contribution in [3.63, 3.8) is 0 Å². The maximum absolute atomic E-state index is 13.1. The highest BCUT2D eigenvalue weighted by Crippen LogP contribution is 2.30. The largest absolute Gasteiger partial charge is 0.383 e. The van der Waals surface area contributed by atoms with E-state index >= 15 is 0 Å². The molecule has 1 N–H and O–H groups in total. The first-order chi connectivity index (χ1) is 13.8. The number of pyridine rings is 1. The van der Waals surface area contributed by atoms with E-state index in [2.05, 4.69) is 15.3 Å². The number of hydrogen-bond donors (Lipinski definition) is 1. The first kappa shape index (κ1) is 21.8. The summed E-state index contributed by atoms with van der Waals surface area (Å²) in [6, 6.07) is 3.29. The molecule has 10 heteroatoms. The van der Waals surface area contributed by atoms with Crippen molar-refractivity contribution in [1.29, 1.82) is 0 Å². The second-order valence-corrected chi connectivity index (χ2v) is 9.37. The Balaban J connectivity index is 1.90. The second-order valence-electron chi connectivity index (χ2n) is 6.42. The van der Waals surface area contributed by atoms with E-state index in [1.807, 2.05) is 13.8 Å². The topological polar surface area (TPSA) is 86.1 Å². The summed E-state index contributed by atoms with van der Waals surface area (Å²) in [4.78, 5) is 36.2. The molecule has 3 rings (SSSR count). The van der Waals surface area contributed by atoms with E-state index in [4.69, 9.17) is 16.3 Å². The highest BCUT2D eigenvalue weighted by molar-refractivity contribution is 8.00. The number of ether oxygens (including phenoxy) is 1. The predicted octanol–water partition coefficient (Wildman–Crippen LogP) is 3.89. The number of amides is 1. The maximum Gasteiger partial charge on any atom is 0.263 e. The van der Waals surface area contributed by atoms with E-state index in [0.29, 0.717) is 39.4 Å². The van der Waals surface area contributed by atoms with Crippen molar-refractivity contribution in [1.82, 2.24) is 14.5 Å². The fourth-order valence-corrected chi connectivity index (χ4v) is 4.78. The minimum atomic E-state index is -0.493. The Bertz CT molecular complexity index is 1100. The molecular formula is C19H21ClN4O3S2. The van der Waals surface area contributed by atoms with Crippen molar-refractivity contribution in [3.05, 3.63) is 44.1 Å². The minimum Gasteiger partial charge on any atom is -0.383 e. The summed E-state index contributed by atoms with van der Waals surface area (Å²) >= 11 is 8.54. The van der Waals surface area contributed by atoms with E-state index in [1.54, 1.807) is 30.7 Å². The van der Waals surface area contributed by atoms with Gasteiger partial charge in [0.15, 0.2) is 5.16 Å². The standard InChI is InChI=1S/C19H21ClN4O3S2/c1-10-11(2)28-17-15(10)18(26)24(7-8-27-4)19(23-17)29-12(3)16(25)22-14-6-5-13(20)9-21-14/h5-6,9,12H,7-8H2,1-4H3,(H,21,22,25)/t12-/m0/s1. The van der Waals surface area contributed by atoms with Gasteiger partial charge in [0, 0.05) is 18.2 Å². The van der Waals surface area contributed by atoms with Crippen molar-refractivity contribution in [2.75, 3.05) is 19.0 Å². The molecule has 0 saturated carbocycles. The number of carbonyl (C=O) groups is 1. The van der Waals surface area contributed by atoms with Gasteiger partial charge in [0.1, 0.15) is 10.6 Å². The van der Waals surface area contributed by atoms with E-state index in [0.717, 1.165) is 10.4 Å². The SMILES string of the molecule is COCCn1c(S[C@@H](C)C(=O)Nc2ccc(Cl)cn2)nc2sc(C)c(C)c2c1=O. The lowest BCUT2D eigenvalue weighted by atomic mass is 10.2. The summed E-state index contributed by atoms with van der Waals surface area (Å²) in [5, 5.41) is 3.88. The molecule has 0 radical (unpaired) electrons. The van der Waals surface area contributed by atoms with Crippen LogP contribution in [-0.4, -0.2) is 39.4 Å². The number of anilines is 1. The minimum absolute atomic E-state index is 0.108. The zero-order valence-electron chi connectivity index (χ0n) is 16.5. The van der Waals surface area contributed by atoms with Crippen LogP contribution in [0.25, 0.3) is 10.2 Å². The van der Waals surface area contributed by atoms with Crippen LogP contribution in [-0.2, 0) is 16.1 Å². The van der Waals surface area contributed by atoms with Gasteiger partial charge in [-0.15, -0.1) is 11.3 Å². The van der Waals surface area contributed by atoms with Crippen molar-refractivity contribution < 1.29 is 9.53 Å². The number of carbonyl (C=O) groups excluding carboxylic acids is 1. The molecular weight excluding hydrogens is 432 g/mol. The molecule has 154 valence electrons. The summed E-state index contributed by atoms with van der Waals surface area (Å²) in [6.45, 7) is 6.40. The van der Waals surface area contributed by atoms with Crippen LogP contribution in [0, 0.1) is 13.8 Å². The molecule has 0 fully saturated rings. The third-order valence-corrected chi connectivity index (χ3v) is 6.82. The van der Waals surface area contributed by atoms with E-state index in [9.17, 15) is 9.59 Å². The zero-order chi connectivity index (χ0) is 21.1. The lowest BCUT2D eigenvalue weighted by Crippen LogP contribution is -2.28. The van der Waals surface area contributed by atoms with E-state index < -0.39 is 5.25 Å². The number of thioether (sulfide) groups is 1. The average molecular weight is 453 g/mol. The first-order valence-corrected chi connectivity index (χ1v) is 11.0. The van der Waals surface area contributed by atoms with Gasteiger partial charge >= 0.3 is 0 Å². The molecule has 0 aliphatic heterocycles. The highest BCUT2D eigenvalue weighted by Gasteiger charge is 2.21. The Morgan fingerprint density at radius 3 is 2.83 bits per heavy atom. The monoisotopic (exact) mass is 452 g/mol. The molecule has 0 aliphatic carbocycles. The molecule has 0 bridgehead atoms. The van der Waals surface area contributed by atoms with Crippen molar-refractivity contribution in [3.8, 4) is 0 Å². The zero-order valence-corrected chi connectivity index (χ0v) is 18.9. The Hall–Kier alpha value is -1.94. The molecule has 0 aromatic carbocycles. The molecule has 1 amide bonds. The van der Waals surface area contributed by atoms with Gasteiger partial charge in [-0.3, -0.25) is 14.2 Å². The number of aryl methyl sites for hydroxylation is 2. The van der Waals surface area contributed by atoms with Crippen LogP contribution < -0.4 is 10.9 Å². The Morgan fingerprint density at radius 1 is 1.41 bits per heavy atom. The summed E-state index contributed by atoms with van der Waals surface area (Å²) in [5.41, 5.74) is 0.841. The van der Waals surface area contributed by atoms with Crippen molar-refractivity contribution >= 4 is 56.6 Å². The molecule has 0 unspecified atom stereocenters. The highest BCUT2D eigenvalue weighted by atomic mass is 35.5. The van der Waals surface area contributed by atoms with E-state index in [-0.39, 0.29) is 11.5 Å². The van der Waals surface area contributed by atoms with Gasteiger partial charge in [0.25, 0.3) is 5.56 Å². The van der Waals surface area contributed by atoms with Crippen LogP contribution in [0.2, 0.25) is 5.02 Å². The predicted molar refractivity (Wildman–Crippen MR) is 118 cm³/mol. The quantitative estimate of drug-likeness (QED) is 0.432. The lowest BCUT2D eigenvalue weighted by Gasteiger charge is -2.15. The molecule has 7 nitrogen and oxygen atoms in total. The van der Waals surface area contributed by atoms with Crippen LogP contribution in [0.3, 0.4) is 0 Å². The van der Waals surface area contributed by atoms with Gasteiger partial charge in [0.05, 0.1) is 28.8 Å². The smallest absolute Gasteiger partial charge is 0.263 e. The lowest BCUT2D eigenvalue weighted by molar-refractivity contribution is -0.115. The van der Waals surface area contributed by atoms with Crippen molar-refractivity contribution in [2.24, 2.45) is 0 Å². The molecule has 1 atom stereocenters.